The van der Waals surface area contributed by atoms with E-state index in [0.29, 0.717) is 12.0 Å². The maximum atomic E-state index is 11.1. The highest BCUT2D eigenvalue weighted by Gasteiger charge is 2.38. The van der Waals surface area contributed by atoms with Gasteiger partial charge in [0, 0.05) is 18.0 Å². The van der Waals surface area contributed by atoms with E-state index in [9.17, 15) is 4.79 Å². The summed E-state index contributed by atoms with van der Waals surface area (Å²) in [5, 5.41) is 3.49. The fourth-order valence-electron chi connectivity index (χ4n) is 2.36. The van der Waals surface area contributed by atoms with E-state index in [4.69, 9.17) is 0 Å². The smallest absolute Gasteiger partial charge is 0.125 e. The molecular formula is C13H17NO. The van der Waals surface area contributed by atoms with Crippen LogP contribution in [0.4, 0.5) is 0 Å². The van der Waals surface area contributed by atoms with Crippen LogP contribution in [0, 0.1) is 11.8 Å². The second-order valence-electron chi connectivity index (χ2n) is 4.42. The summed E-state index contributed by atoms with van der Waals surface area (Å²) in [6.45, 7) is 4.28. The average Bonchev–Trinajstić information content (AvgIpc) is 2.56. The van der Waals surface area contributed by atoms with Gasteiger partial charge in [0.25, 0.3) is 0 Å². The molecule has 1 aromatic rings. The zero-order valence-corrected chi connectivity index (χ0v) is 9.18. The van der Waals surface area contributed by atoms with Crippen LogP contribution >= 0.6 is 0 Å². The summed E-state index contributed by atoms with van der Waals surface area (Å²) in [6, 6.07) is 10.8. The molecule has 4 atom stereocenters. The zero-order chi connectivity index (χ0) is 10.8. The predicted molar refractivity (Wildman–Crippen MR) is 60.5 cm³/mol. The van der Waals surface area contributed by atoms with Gasteiger partial charge in [-0.1, -0.05) is 37.3 Å². The summed E-state index contributed by atoms with van der Waals surface area (Å²) in [5.74, 6) is 0.509. The minimum absolute atomic E-state index is 0.0994. The third-order valence-electron chi connectivity index (χ3n) is 3.54. The number of hydrogen-bond donors (Lipinski definition) is 1. The molecule has 0 saturated carbocycles. The normalized spacial score (nSPS) is 35.3. The first kappa shape index (κ1) is 10.4. The number of carbonyl (C=O) groups excluding carboxylic acids is 1. The third-order valence-corrected chi connectivity index (χ3v) is 3.54. The lowest BCUT2D eigenvalue weighted by Crippen LogP contribution is -2.23. The maximum absolute atomic E-state index is 11.1. The van der Waals surface area contributed by atoms with Crippen molar-refractivity contribution in [2.24, 2.45) is 11.8 Å². The van der Waals surface area contributed by atoms with Crippen molar-refractivity contribution >= 4 is 6.29 Å². The molecule has 1 fully saturated rings. The molecular weight excluding hydrogens is 186 g/mol. The molecule has 0 radical (unpaired) electrons. The lowest BCUT2D eigenvalue weighted by atomic mass is 9.87. The van der Waals surface area contributed by atoms with Gasteiger partial charge in [0.15, 0.2) is 0 Å². The highest BCUT2D eigenvalue weighted by molar-refractivity contribution is 5.57. The molecule has 0 aromatic heterocycles. The van der Waals surface area contributed by atoms with Gasteiger partial charge in [-0.25, -0.2) is 0 Å². The molecule has 1 aliphatic heterocycles. The van der Waals surface area contributed by atoms with E-state index in [-0.39, 0.29) is 12.0 Å². The van der Waals surface area contributed by atoms with Gasteiger partial charge >= 0.3 is 0 Å². The summed E-state index contributed by atoms with van der Waals surface area (Å²) < 4.78 is 0. The molecule has 0 bridgehead atoms. The average molecular weight is 203 g/mol. The SMILES string of the molecule is CC1NC(c2ccccc2)C(C=O)C1C. The van der Waals surface area contributed by atoms with Crippen molar-refractivity contribution in [3.05, 3.63) is 35.9 Å². The Bertz CT molecular complexity index is 336. The van der Waals surface area contributed by atoms with Crippen molar-refractivity contribution in [1.82, 2.24) is 5.32 Å². The highest BCUT2D eigenvalue weighted by atomic mass is 16.1. The van der Waals surface area contributed by atoms with Gasteiger partial charge in [-0.2, -0.15) is 0 Å². The first-order valence-electron chi connectivity index (χ1n) is 5.50. The molecule has 80 valence electrons. The van der Waals surface area contributed by atoms with Crippen LogP contribution in [0.15, 0.2) is 30.3 Å². The van der Waals surface area contributed by atoms with E-state index in [0.717, 1.165) is 6.29 Å². The zero-order valence-electron chi connectivity index (χ0n) is 9.18. The molecule has 15 heavy (non-hydrogen) atoms. The van der Waals surface area contributed by atoms with E-state index in [2.05, 4.69) is 31.3 Å². The molecule has 1 N–H and O–H groups in total. The number of hydrogen-bond acceptors (Lipinski definition) is 2. The van der Waals surface area contributed by atoms with E-state index < -0.39 is 0 Å². The van der Waals surface area contributed by atoms with Gasteiger partial charge < -0.3 is 10.1 Å². The van der Waals surface area contributed by atoms with Crippen LogP contribution in [0.25, 0.3) is 0 Å². The Morgan fingerprint density at radius 3 is 2.47 bits per heavy atom. The van der Waals surface area contributed by atoms with Gasteiger partial charge in [0.05, 0.1) is 0 Å². The van der Waals surface area contributed by atoms with Crippen LogP contribution < -0.4 is 5.32 Å². The minimum Gasteiger partial charge on any atom is -0.307 e. The maximum Gasteiger partial charge on any atom is 0.125 e. The Kier molecular flexibility index (Phi) is 2.87. The van der Waals surface area contributed by atoms with Crippen molar-refractivity contribution in [2.75, 3.05) is 0 Å². The van der Waals surface area contributed by atoms with E-state index in [1.165, 1.54) is 5.56 Å². The molecule has 4 unspecified atom stereocenters. The largest absolute Gasteiger partial charge is 0.307 e. The molecule has 1 heterocycles. The summed E-state index contributed by atoms with van der Waals surface area (Å²) in [6.07, 6.45) is 1.10. The highest BCUT2D eigenvalue weighted by Crippen LogP contribution is 2.35. The molecule has 2 heteroatoms. The first-order chi connectivity index (χ1) is 7.24. The van der Waals surface area contributed by atoms with E-state index >= 15 is 0 Å². The van der Waals surface area contributed by atoms with Crippen molar-refractivity contribution in [3.63, 3.8) is 0 Å². The number of nitrogens with one attached hydrogen (secondary N) is 1. The molecule has 1 saturated heterocycles. The van der Waals surface area contributed by atoms with Gasteiger partial charge in [-0.05, 0) is 18.4 Å². The Balaban J connectivity index is 2.27. The van der Waals surface area contributed by atoms with Crippen molar-refractivity contribution < 1.29 is 4.79 Å². The summed E-state index contributed by atoms with van der Waals surface area (Å²) in [4.78, 5) is 11.1. The monoisotopic (exact) mass is 203 g/mol. The van der Waals surface area contributed by atoms with E-state index in [1.807, 2.05) is 18.2 Å². The number of benzene rings is 1. The van der Waals surface area contributed by atoms with Crippen LogP contribution in [0.3, 0.4) is 0 Å². The lowest BCUT2D eigenvalue weighted by molar-refractivity contribution is -0.112. The fourth-order valence-corrected chi connectivity index (χ4v) is 2.36. The molecule has 2 rings (SSSR count). The minimum atomic E-state index is 0.0994. The van der Waals surface area contributed by atoms with Gasteiger partial charge in [-0.15, -0.1) is 0 Å². The molecule has 1 aromatic carbocycles. The predicted octanol–water partition coefficient (Wildman–Crippen LogP) is 2.17. The second-order valence-corrected chi connectivity index (χ2v) is 4.42. The van der Waals surface area contributed by atoms with Crippen molar-refractivity contribution in [2.45, 2.75) is 25.9 Å². The summed E-state index contributed by atoms with van der Waals surface area (Å²) >= 11 is 0. The Hall–Kier alpha value is -1.15. The number of carbonyl (C=O) groups is 1. The first-order valence-corrected chi connectivity index (χ1v) is 5.50. The van der Waals surface area contributed by atoms with Crippen molar-refractivity contribution in [3.8, 4) is 0 Å². The Labute approximate surface area is 90.7 Å². The molecule has 2 nitrogen and oxygen atoms in total. The molecule has 1 aliphatic rings. The van der Waals surface area contributed by atoms with Gasteiger partial charge in [0.2, 0.25) is 0 Å². The second kappa shape index (κ2) is 4.15. The van der Waals surface area contributed by atoms with Gasteiger partial charge in [0.1, 0.15) is 6.29 Å². The van der Waals surface area contributed by atoms with Crippen LogP contribution in [-0.4, -0.2) is 12.3 Å². The number of rotatable bonds is 2. The van der Waals surface area contributed by atoms with Crippen molar-refractivity contribution in [1.29, 1.82) is 0 Å². The standard InChI is InChI=1S/C13H17NO/c1-9-10(2)14-13(12(9)8-15)11-6-4-3-5-7-11/h3-10,12-14H,1-2H3. The molecule has 0 spiro atoms. The molecule has 0 aliphatic carbocycles. The third kappa shape index (κ3) is 1.82. The van der Waals surface area contributed by atoms with Crippen LogP contribution in [-0.2, 0) is 4.79 Å². The van der Waals surface area contributed by atoms with Gasteiger partial charge in [-0.3, -0.25) is 0 Å². The lowest BCUT2D eigenvalue weighted by Gasteiger charge is -2.16. The number of aldehydes is 1. The topological polar surface area (TPSA) is 29.1 Å². The summed E-state index contributed by atoms with van der Waals surface area (Å²) in [5.41, 5.74) is 1.21. The van der Waals surface area contributed by atoms with Crippen LogP contribution in [0.1, 0.15) is 25.5 Å². The van der Waals surface area contributed by atoms with Crippen LogP contribution in [0.2, 0.25) is 0 Å². The Morgan fingerprint density at radius 2 is 1.87 bits per heavy atom. The fraction of sp³-hybridized carbons (Fsp3) is 0.462. The van der Waals surface area contributed by atoms with Crippen LogP contribution in [0.5, 0.6) is 0 Å². The Morgan fingerprint density at radius 1 is 1.20 bits per heavy atom. The quantitative estimate of drug-likeness (QED) is 0.746. The summed E-state index contributed by atoms with van der Waals surface area (Å²) in [7, 11) is 0. The van der Waals surface area contributed by atoms with E-state index in [1.54, 1.807) is 0 Å². The molecule has 0 amide bonds.